The van der Waals surface area contributed by atoms with E-state index in [-0.39, 0.29) is 29.7 Å². The molecule has 2 aromatic carbocycles. The number of thiazole rings is 1. The second-order valence-corrected chi connectivity index (χ2v) is 8.16. The van der Waals surface area contributed by atoms with Gasteiger partial charge >= 0.3 is 0 Å². The van der Waals surface area contributed by atoms with Gasteiger partial charge in [-0.25, -0.2) is 9.67 Å². The van der Waals surface area contributed by atoms with Crippen molar-refractivity contribution < 1.29 is 4.79 Å². The molecule has 2 heterocycles. The Morgan fingerprint density at radius 1 is 1.13 bits per heavy atom. The molecule has 0 fully saturated rings. The van der Waals surface area contributed by atoms with Crippen LogP contribution in [-0.2, 0) is 0 Å². The second-order valence-electron chi connectivity index (χ2n) is 7.32. The van der Waals surface area contributed by atoms with E-state index in [0.717, 1.165) is 11.3 Å². The van der Waals surface area contributed by atoms with Crippen LogP contribution >= 0.6 is 11.3 Å². The molecule has 0 bridgehead atoms. The Kier molecular flexibility index (Phi) is 5.77. The Labute approximate surface area is 184 Å². The molecular weight excluding hydrogens is 408 g/mol. The zero-order chi connectivity index (χ0) is 22.0. The van der Waals surface area contributed by atoms with Crippen LogP contribution < -0.4 is 10.5 Å². The minimum Gasteiger partial charge on any atom is -0.279 e. The highest BCUT2D eigenvalue weighted by molar-refractivity contribution is 7.14. The Morgan fingerprint density at radius 2 is 1.81 bits per heavy atom. The second kappa shape index (κ2) is 8.65. The number of fused-ring (bicyclic) bond motifs is 1. The van der Waals surface area contributed by atoms with Crippen LogP contribution in [0.1, 0.15) is 30.4 Å². The zero-order valence-corrected chi connectivity index (χ0v) is 18.2. The Hall–Kier alpha value is -3.58. The monoisotopic (exact) mass is 430 g/mol. The minimum atomic E-state index is -0.320. The zero-order valence-electron chi connectivity index (χ0n) is 17.4. The predicted octanol–water partition coefficient (Wildman–Crippen LogP) is 4.93. The first kappa shape index (κ1) is 20.7. The molecule has 4 aromatic rings. The van der Waals surface area contributed by atoms with E-state index in [4.69, 9.17) is 0 Å². The number of amides is 1. The third-order valence-corrected chi connectivity index (χ3v) is 5.73. The molecule has 156 valence electrons. The summed E-state index contributed by atoms with van der Waals surface area (Å²) in [5.74, 6) is -0.320. The molecule has 31 heavy (non-hydrogen) atoms. The summed E-state index contributed by atoms with van der Waals surface area (Å²) in [6, 6.07) is 16.7. The minimum absolute atomic E-state index is 0.180. The molecule has 0 aliphatic rings. The van der Waals surface area contributed by atoms with E-state index in [0.29, 0.717) is 15.9 Å². The van der Waals surface area contributed by atoms with Gasteiger partial charge in [0.2, 0.25) is 0 Å². The summed E-state index contributed by atoms with van der Waals surface area (Å²) in [6.45, 7) is 7.81. The van der Waals surface area contributed by atoms with Crippen LogP contribution in [0.4, 0.5) is 5.13 Å². The normalized spacial score (nSPS) is 11.1. The van der Waals surface area contributed by atoms with E-state index in [1.54, 1.807) is 35.2 Å². The van der Waals surface area contributed by atoms with E-state index in [2.05, 4.69) is 16.7 Å². The SMILES string of the molecule is C=CCN(C(=O)c1nn(C(C)C)c(=O)c2ccccc12)c1nc(-c2ccccc2)cs1. The van der Waals surface area contributed by atoms with Gasteiger partial charge in [0.05, 0.1) is 17.1 Å². The number of carbonyl (C=O) groups excluding carboxylic acids is 1. The summed E-state index contributed by atoms with van der Waals surface area (Å²) in [5.41, 5.74) is 1.79. The third kappa shape index (κ3) is 3.92. The largest absolute Gasteiger partial charge is 0.281 e. The first-order valence-electron chi connectivity index (χ1n) is 9.96. The first-order chi connectivity index (χ1) is 15.0. The molecule has 0 atom stereocenters. The molecular formula is C24H22N4O2S. The van der Waals surface area contributed by atoms with Crippen molar-refractivity contribution in [1.29, 1.82) is 0 Å². The lowest BCUT2D eigenvalue weighted by Gasteiger charge is -2.20. The fourth-order valence-electron chi connectivity index (χ4n) is 3.35. The lowest BCUT2D eigenvalue weighted by Crippen LogP contribution is -2.35. The Morgan fingerprint density at radius 3 is 2.48 bits per heavy atom. The Bertz CT molecular complexity index is 1310. The summed E-state index contributed by atoms with van der Waals surface area (Å²) in [7, 11) is 0. The molecule has 1 amide bonds. The van der Waals surface area contributed by atoms with Crippen LogP contribution in [0.15, 0.2) is 77.4 Å². The summed E-state index contributed by atoms with van der Waals surface area (Å²) in [5, 5.41) is 7.93. The smallest absolute Gasteiger partial charge is 0.279 e. The van der Waals surface area contributed by atoms with Crippen molar-refractivity contribution in [1.82, 2.24) is 14.8 Å². The molecule has 7 heteroatoms. The van der Waals surface area contributed by atoms with Gasteiger partial charge in [-0.05, 0) is 19.9 Å². The number of rotatable bonds is 6. The van der Waals surface area contributed by atoms with Crippen LogP contribution in [0.5, 0.6) is 0 Å². The number of hydrogen-bond acceptors (Lipinski definition) is 5. The number of anilines is 1. The van der Waals surface area contributed by atoms with Gasteiger partial charge < -0.3 is 0 Å². The first-order valence-corrected chi connectivity index (χ1v) is 10.8. The highest BCUT2D eigenvalue weighted by atomic mass is 32.1. The molecule has 6 nitrogen and oxygen atoms in total. The molecule has 0 saturated carbocycles. The molecule has 0 aliphatic heterocycles. The number of nitrogens with zero attached hydrogens (tertiary/aromatic N) is 4. The molecule has 0 saturated heterocycles. The topological polar surface area (TPSA) is 68.1 Å². The lowest BCUT2D eigenvalue weighted by atomic mass is 10.1. The van der Waals surface area contributed by atoms with Crippen molar-refractivity contribution in [2.75, 3.05) is 11.4 Å². The van der Waals surface area contributed by atoms with Gasteiger partial charge in [-0.2, -0.15) is 5.10 Å². The van der Waals surface area contributed by atoms with Gasteiger partial charge in [-0.15, -0.1) is 17.9 Å². The molecule has 2 aromatic heterocycles. The lowest BCUT2D eigenvalue weighted by molar-refractivity contribution is 0.0984. The quantitative estimate of drug-likeness (QED) is 0.407. The molecule has 0 unspecified atom stereocenters. The number of carbonyl (C=O) groups is 1. The maximum atomic E-state index is 13.6. The molecule has 0 spiro atoms. The summed E-state index contributed by atoms with van der Waals surface area (Å²) in [4.78, 5) is 32.7. The molecule has 0 N–H and O–H groups in total. The van der Waals surface area contributed by atoms with Crippen LogP contribution in [-0.4, -0.2) is 27.2 Å². The third-order valence-electron chi connectivity index (χ3n) is 4.87. The van der Waals surface area contributed by atoms with Crippen molar-refractivity contribution in [3.63, 3.8) is 0 Å². The van der Waals surface area contributed by atoms with Crippen molar-refractivity contribution in [3.8, 4) is 11.3 Å². The van der Waals surface area contributed by atoms with Gasteiger partial charge in [-0.1, -0.05) is 54.6 Å². The van der Waals surface area contributed by atoms with E-state index in [9.17, 15) is 9.59 Å². The summed E-state index contributed by atoms with van der Waals surface area (Å²) < 4.78 is 1.36. The standard InChI is InChI=1S/C24H22N4O2S/c1-4-14-27(24-25-20(15-31-24)17-10-6-5-7-11-17)23(30)21-18-12-8-9-13-19(18)22(29)28(26-21)16(2)3/h4-13,15-16H,1,14H2,2-3H3. The van der Waals surface area contributed by atoms with Crippen molar-refractivity contribution in [3.05, 3.63) is 88.7 Å². The fraction of sp³-hybridized carbons (Fsp3) is 0.167. The number of benzene rings is 2. The number of aromatic nitrogens is 3. The fourth-order valence-corrected chi connectivity index (χ4v) is 4.19. The van der Waals surface area contributed by atoms with Gasteiger partial charge in [0, 0.05) is 22.9 Å². The van der Waals surface area contributed by atoms with Crippen molar-refractivity contribution >= 4 is 33.1 Å². The van der Waals surface area contributed by atoms with Crippen LogP contribution in [0.2, 0.25) is 0 Å². The maximum absolute atomic E-state index is 13.6. The average molecular weight is 431 g/mol. The van der Waals surface area contributed by atoms with Crippen LogP contribution in [0.25, 0.3) is 22.0 Å². The number of hydrogen-bond donors (Lipinski definition) is 0. The average Bonchev–Trinajstić information content (AvgIpc) is 3.28. The predicted molar refractivity (Wildman–Crippen MR) is 126 cm³/mol. The van der Waals surface area contributed by atoms with Gasteiger partial charge in [0.1, 0.15) is 0 Å². The summed E-state index contributed by atoms with van der Waals surface area (Å²) in [6.07, 6.45) is 1.65. The van der Waals surface area contributed by atoms with Crippen LogP contribution in [0.3, 0.4) is 0 Å². The Balaban J connectivity index is 1.82. The van der Waals surface area contributed by atoms with Gasteiger partial charge in [0.25, 0.3) is 11.5 Å². The van der Waals surface area contributed by atoms with E-state index in [1.165, 1.54) is 16.0 Å². The van der Waals surface area contributed by atoms with E-state index >= 15 is 0 Å². The maximum Gasteiger partial charge on any atom is 0.281 e. The van der Waals surface area contributed by atoms with Gasteiger partial charge in [0.15, 0.2) is 10.8 Å². The summed E-state index contributed by atoms with van der Waals surface area (Å²) >= 11 is 1.38. The molecule has 4 rings (SSSR count). The van der Waals surface area contributed by atoms with Gasteiger partial charge in [-0.3, -0.25) is 14.5 Å². The van der Waals surface area contributed by atoms with E-state index in [1.807, 2.05) is 49.6 Å². The molecule has 0 radical (unpaired) electrons. The van der Waals surface area contributed by atoms with Crippen molar-refractivity contribution in [2.24, 2.45) is 0 Å². The van der Waals surface area contributed by atoms with Crippen molar-refractivity contribution in [2.45, 2.75) is 19.9 Å². The van der Waals surface area contributed by atoms with E-state index < -0.39 is 0 Å². The highest BCUT2D eigenvalue weighted by Crippen LogP contribution is 2.29. The highest BCUT2D eigenvalue weighted by Gasteiger charge is 2.25. The molecule has 0 aliphatic carbocycles. The van der Waals surface area contributed by atoms with Crippen LogP contribution in [0, 0.1) is 0 Å².